The zero-order chi connectivity index (χ0) is 13.5. The van der Waals surface area contributed by atoms with Gasteiger partial charge < -0.3 is 15.5 Å². The van der Waals surface area contributed by atoms with E-state index in [0.29, 0.717) is 6.54 Å². The van der Waals surface area contributed by atoms with Crippen molar-refractivity contribution in [1.82, 2.24) is 5.32 Å². The second-order valence-corrected chi connectivity index (χ2v) is 4.51. The molecule has 0 radical (unpaired) electrons. The number of nitrogens with one attached hydrogen (secondary N) is 1. The predicted octanol–water partition coefficient (Wildman–Crippen LogP) is 1.87. The maximum atomic E-state index is 10.2. The number of hydrogen-bond donors (Lipinski definition) is 3. The van der Waals surface area contributed by atoms with Gasteiger partial charge in [-0.2, -0.15) is 0 Å². The van der Waals surface area contributed by atoms with E-state index in [1.807, 2.05) is 60.7 Å². The van der Waals surface area contributed by atoms with Crippen molar-refractivity contribution in [2.45, 2.75) is 18.7 Å². The van der Waals surface area contributed by atoms with E-state index in [-0.39, 0.29) is 12.6 Å². The Kier molecular flexibility index (Phi) is 5.10. The Hall–Kier alpha value is -1.68. The number of aliphatic hydroxyl groups excluding tert-OH is 2. The summed E-state index contributed by atoms with van der Waals surface area (Å²) in [4.78, 5) is 0. The molecule has 0 aliphatic heterocycles. The lowest BCUT2D eigenvalue weighted by molar-refractivity contribution is 0.0892. The van der Waals surface area contributed by atoms with E-state index in [2.05, 4.69) is 5.32 Å². The Morgan fingerprint density at radius 3 is 2.05 bits per heavy atom. The first-order valence-electron chi connectivity index (χ1n) is 6.42. The highest BCUT2D eigenvalue weighted by Gasteiger charge is 2.19. The van der Waals surface area contributed by atoms with Crippen LogP contribution in [0, 0.1) is 0 Å². The minimum atomic E-state index is -0.713. The van der Waals surface area contributed by atoms with E-state index in [1.165, 1.54) is 0 Å². The van der Waals surface area contributed by atoms with Crippen LogP contribution in [0.2, 0.25) is 0 Å². The van der Waals surface area contributed by atoms with Crippen LogP contribution in [0.5, 0.6) is 0 Å². The van der Waals surface area contributed by atoms with Gasteiger partial charge in [-0.05, 0) is 11.1 Å². The third-order valence-corrected chi connectivity index (χ3v) is 3.13. The number of hydrogen-bond acceptors (Lipinski definition) is 3. The van der Waals surface area contributed by atoms with Crippen molar-refractivity contribution in [2.75, 3.05) is 6.61 Å². The molecule has 0 saturated carbocycles. The third-order valence-electron chi connectivity index (χ3n) is 3.13. The van der Waals surface area contributed by atoms with Gasteiger partial charge in [0.15, 0.2) is 0 Å². The van der Waals surface area contributed by atoms with Crippen LogP contribution in [0.25, 0.3) is 0 Å². The van der Waals surface area contributed by atoms with Crippen LogP contribution < -0.4 is 5.32 Å². The van der Waals surface area contributed by atoms with Crippen molar-refractivity contribution < 1.29 is 10.2 Å². The smallest absolute Gasteiger partial charge is 0.0965 e. The monoisotopic (exact) mass is 257 g/mol. The Balaban J connectivity index is 1.97. The summed E-state index contributed by atoms with van der Waals surface area (Å²) in [5.74, 6) is 0. The van der Waals surface area contributed by atoms with Gasteiger partial charge in [-0.25, -0.2) is 0 Å². The van der Waals surface area contributed by atoms with Gasteiger partial charge in [0.25, 0.3) is 0 Å². The molecule has 0 aromatic heterocycles. The molecule has 3 nitrogen and oxygen atoms in total. The number of aliphatic hydroxyl groups is 2. The van der Waals surface area contributed by atoms with Gasteiger partial charge in [-0.3, -0.25) is 0 Å². The lowest BCUT2D eigenvalue weighted by Gasteiger charge is -2.22. The molecule has 100 valence electrons. The van der Waals surface area contributed by atoms with Crippen LogP contribution in [0.1, 0.15) is 17.2 Å². The fraction of sp³-hybridized carbons (Fsp3) is 0.250. The lowest BCUT2D eigenvalue weighted by atomic mass is 10.0. The van der Waals surface area contributed by atoms with Gasteiger partial charge in [0.1, 0.15) is 0 Å². The van der Waals surface area contributed by atoms with Crippen LogP contribution in [0.3, 0.4) is 0 Å². The SMILES string of the molecule is OCC(NCc1ccccc1)C(O)c1ccccc1. The van der Waals surface area contributed by atoms with E-state index >= 15 is 0 Å². The molecule has 19 heavy (non-hydrogen) atoms. The molecule has 3 N–H and O–H groups in total. The predicted molar refractivity (Wildman–Crippen MR) is 75.6 cm³/mol. The molecule has 2 atom stereocenters. The summed E-state index contributed by atoms with van der Waals surface area (Å²) in [6.45, 7) is 0.513. The number of benzene rings is 2. The van der Waals surface area contributed by atoms with Crippen LogP contribution in [-0.4, -0.2) is 22.9 Å². The van der Waals surface area contributed by atoms with Gasteiger partial charge in [0.05, 0.1) is 18.8 Å². The first kappa shape index (κ1) is 13.7. The van der Waals surface area contributed by atoms with Crippen molar-refractivity contribution in [3.8, 4) is 0 Å². The quantitative estimate of drug-likeness (QED) is 0.740. The van der Waals surface area contributed by atoms with Crippen molar-refractivity contribution in [1.29, 1.82) is 0 Å². The molecule has 2 rings (SSSR count). The molecular formula is C16H19NO2. The molecule has 0 heterocycles. The summed E-state index contributed by atoms with van der Waals surface area (Å²) in [6, 6.07) is 18.9. The summed E-state index contributed by atoms with van der Waals surface area (Å²) in [5, 5.41) is 22.8. The van der Waals surface area contributed by atoms with Crippen LogP contribution in [0.4, 0.5) is 0 Å². The van der Waals surface area contributed by atoms with Gasteiger partial charge in [0, 0.05) is 6.54 Å². The topological polar surface area (TPSA) is 52.5 Å². The standard InChI is InChI=1S/C16H19NO2/c18-12-15(16(19)14-9-5-2-6-10-14)17-11-13-7-3-1-4-8-13/h1-10,15-19H,11-12H2. The highest BCUT2D eigenvalue weighted by atomic mass is 16.3. The molecule has 2 unspecified atom stereocenters. The number of rotatable bonds is 6. The van der Waals surface area contributed by atoms with E-state index in [4.69, 9.17) is 0 Å². The molecule has 3 heteroatoms. The summed E-state index contributed by atoms with van der Waals surface area (Å²) in [5.41, 5.74) is 1.93. The molecule has 0 fully saturated rings. The Morgan fingerprint density at radius 1 is 0.895 bits per heavy atom. The lowest BCUT2D eigenvalue weighted by Crippen LogP contribution is -2.37. The Labute approximate surface area is 113 Å². The van der Waals surface area contributed by atoms with Gasteiger partial charge in [0.2, 0.25) is 0 Å². The maximum absolute atomic E-state index is 10.2. The third kappa shape index (κ3) is 3.89. The summed E-state index contributed by atoms with van der Waals surface area (Å²) >= 11 is 0. The van der Waals surface area contributed by atoms with Crippen molar-refractivity contribution >= 4 is 0 Å². The second kappa shape index (κ2) is 7.04. The van der Waals surface area contributed by atoms with E-state index in [0.717, 1.165) is 11.1 Å². The summed E-state index contributed by atoms with van der Waals surface area (Å²) in [6.07, 6.45) is -0.713. The molecule has 0 amide bonds. The van der Waals surface area contributed by atoms with Gasteiger partial charge in [-0.1, -0.05) is 60.7 Å². The first-order chi connectivity index (χ1) is 9.31. The van der Waals surface area contributed by atoms with Gasteiger partial charge in [-0.15, -0.1) is 0 Å². The molecule has 0 bridgehead atoms. The fourth-order valence-electron chi connectivity index (χ4n) is 2.00. The van der Waals surface area contributed by atoms with Crippen LogP contribution in [0.15, 0.2) is 60.7 Å². The van der Waals surface area contributed by atoms with E-state index in [1.54, 1.807) is 0 Å². The first-order valence-corrected chi connectivity index (χ1v) is 6.42. The van der Waals surface area contributed by atoms with Crippen LogP contribution in [-0.2, 0) is 6.54 Å². The highest BCUT2D eigenvalue weighted by Crippen LogP contribution is 2.16. The fourth-order valence-corrected chi connectivity index (χ4v) is 2.00. The average Bonchev–Trinajstić information content (AvgIpc) is 2.49. The summed E-state index contributed by atoms with van der Waals surface area (Å²) < 4.78 is 0. The van der Waals surface area contributed by atoms with Crippen molar-refractivity contribution in [3.63, 3.8) is 0 Å². The molecule has 0 saturated heterocycles. The highest BCUT2D eigenvalue weighted by molar-refractivity contribution is 5.19. The second-order valence-electron chi connectivity index (χ2n) is 4.51. The molecule has 2 aromatic rings. The Bertz CT molecular complexity index is 473. The molecule has 0 aliphatic carbocycles. The van der Waals surface area contributed by atoms with Gasteiger partial charge >= 0.3 is 0 Å². The van der Waals surface area contributed by atoms with E-state index < -0.39 is 6.10 Å². The summed E-state index contributed by atoms with van der Waals surface area (Å²) in [7, 11) is 0. The molecule has 0 spiro atoms. The van der Waals surface area contributed by atoms with Crippen molar-refractivity contribution in [2.24, 2.45) is 0 Å². The van der Waals surface area contributed by atoms with E-state index in [9.17, 15) is 10.2 Å². The molecule has 2 aromatic carbocycles. The largest absolute Gasteiger partial charge is 0.395 e. The molecular weight excluding hydrogens is 238 g/mol. The molecule has 0 aliphatic rings. The normalized spacial score (nSPS) is 14.0. The zero-order valence-electron chi connectivity index (χ0n) is 10.7. The minimum absolute atomic E-state index is 0.108. The average molecular weight is 257 g/mol. The van der Waals surface area contributed by atoms with Crippen LogP contribution >= 0.6 is 0 Å². The Morgan fingerprint density at radius 2 is 1.47 bits per heavy atom. The van der Waals surface area contributed by atoms with Crippen molar-refractivity contribution in [3.05, 3.63) is 71.8 Å². The maximum Gasteiger partial charge on any atom is 0.0965 e. The minimum Gasteiger partial charge on any atom is -0.395 e. The zero-order valence-corrected chi connectivity index (χ0v) is 10.7.